The molecule has 1 atom stereocenters. The van der Waals surface area contributed by atoms with Crippen molar-refractivity contribution in [1.82, 2.24) is 4.57 Å². The summed E-state index contributed by atoms with van der Waals surface area (Å²) in [6.07, 6.45) is 2.79. The molecule has 0 saturated heterocycles. The molecule has 0 unspecified atom stereocenters. The topological polar surface area (TPSA) is 113 Å². The zero-order chi connectivity index (χ0) is 27.6. The van der Waals surface area contributed by atoms with E-state index in [1.807, 2.05) is 6.92 Å². The summed E-state index contributed by atoms with van der Waals surface area (Å²) in [5.74, 6) is -0.127. The number of nitro groups is 1. The number of carbonyl (C=O) groups excluding carboxylic acids is 1. The van der Waals surface area contributed by atoms with E-state index in [9.17, 15) is 19.7 Å². The summed E-state index contributed by atoms with van der Waals surface area (Å²) in [5.41, 5.74) is 1.87. The lowest BCUT2D eigenvalue weighted by Gasteiger charge is -2.27. The second kappa shape index (κ2) is 11.3. The molecule has 11 heteroatoms. The number of aryl methyl sites for hydroxylation is 1. The number of allylic oxidation sites excluding steroid dienone is 1. The lowest BCUT2D eigenvalue weighted by atomic mass is 9.93. The van der Waals surface area contributed by atoms with E-state index in [2.05, 4.69) is 0 Å². The van der Waals surface area contributed by atoms with Gasteiger partial charge in [0, 0.05) is 22.2 Å². The fraction of sp³-hybridized carbons (Fsp3) is 0.296. The van der Waals surface area contributed by atoms with Crippen molar-refractivity contribution in [2.75, 3.05) is 13.7 Å². The van der Waals surface area contributed by atoms with Crippen molar-refractivity contribution in [3.05, 3.63) is 99.2 Å². The van der Waals surface area contributed by atoms with Crippen molar-refractivity contribution in [3.63, 3.8) is 0 Å². The number of methoxy groups -OCH3 is 1. The van der Waals surface area contributed by atoms with Crippen LogP contribution in [0.5, 0.6) is 5.75 Å². The number of hydrogen-bond donors (Lipinski definition) is 0. The molecular formula is C27H26ClN3O6S. The Morgan fingerprint density at radius 3 is 2.68 bits per heavy atom. The van der Waals surface area contributed by atoms with E-state index in [-0.39, 0.29) is 17.9 Å². The highest BCUT2D eigenvalue weighted by Gasteiger charge is 2.36. The summed E-state index contributed by atoms with van der Waals surface area (Å²) in [5, 5.41) is 11.8. The van der Waals surface area contributed by atoms with Crippen molar-refractivity contribution in [2.24, 2.45) is 4.99 Å². The Hall–Kier alpha value is -3.76. The van der Waals surface area contributed by atoms with Crippen LogP contribution in [0.15, 0.2) is 57.5 Å². The maximum atomic E-state index is 13.9. The summed E-state index contributed by atoms with van der Waals surface area (Å²) in [6.45, 7) is 5.49. The van der Waals surface area contributed by atoms with Gasteiger partial charge in [0.05, 0.1) is 34.4 Å². The van der Waals surface area contributed by atoms with E-state index in [1.165, 1.54) is 17.7 Å². The van der Waals surface area contributed by atoms with Crippen LogP contribution in [0.4, 0.5) is 5.69 Å². The molecule has 0 saturated carbocycles. The van der Waals surface area contributed by atoms with Gasteiger partial charge in [-0.05, 0) is 50.1 Å². The smallest absolute Gasteiger partial charge is 0.338 e. The van der Waals surface area contributed by atoms with Gasteiger partial charge in [0.25, 0.3) is 11.2 Å². The largest absolute Gasteiger partial charge is 0.496 e. The number of rotatable bonds is 8. The lowest BCUT2D eigenvalue weighted by molar-refractivity contribution is -0.385. The maximum Gasteiger partial charge on any atom is 0.338 e. The van der Waals surface area contributed by atoms with Crippen LogP contribution in [0.2, 0.25) is 5.02 Å². The van der Waals surface area contributed by atoms with Gasteiger partial charge in [-0.2, -0.15) is 0 Å². The first-order valence-electron chi connectivity index (χ1n) is 12.0. The molecule has 1 aromatic heterocycles. The third-order valence-electron chi connectivity index (χ3n) is 6.11. The number of hydrogen-bond acceptors (Lipinski definition) is 8. The summed E-state index contributed by atoms with van der Waals surface area (Å²) in [4.78, 5) is 43.3. The summed E-state index contributed by atoms with van der Waals surface area (Å²) >= 11 is 7.50. The van der Waals surface area contributed by atoms with Crippen LogP contribution >= 0.6 is 22.9 Å². The van der Waals surface area contributed by atoms with Crippen molar-refractivity contribution < 1.29 is 19.2 Å². The van der Waals surface area contributed by atoms with Gasteiger partial charge in [-0.3, -0.25) is 19.5 Å². The number of nitro benzene ring substituents is 1. The number of nitrogens with zero attached hydrogens (tertiary/aromatic N) is 3. The minimum Gasteiger partial charge on any atom is -0.496 e. The highest BCUT2D eigenvalue weighted by atomic mass is 35.5. The first-order chi connectivity index (χ1) is 18.2. The Kier molecular flexibility index (Phi) is 8.13. The maximum absolute atomic E-state index is 13.9. The number of fused-ring (bicyclic) bond motifs is 1. The van der Waals surface area contributed by atoms with Gasteiger partial charge in [-0.15, -0.1) is 0 Å². The Morgan fingerprint density at radius 2 is 2.03 bits per heavy atom. The van der Waals surface area contributed by atoms with Crippen molar-refractivity contribution in [2.45, 2.75) is 39.7 Å². The summed E-state index contributed by atoms with van der Waals surface area (Å²) in [6, 6.07) is 8.90. The van der Waals surface area contributed by atoms with Gasteiger partial charge in [0.2, 0.25) is 0 Å². The molecule has 1 aliphatic heterocycles. The van der Waals surface area contributed by atoms with E-state index >= 15 is 0 Å². The van der Waals surface area contributed by atoms with E-state index < -0.39 is 22.5 Å². The van der Waals surface area contributed by atoms with Gasteiger partial charge in [-0.25, -0.2) is 9.79 Å². The molecule has 9 nitrogen and oxygen atoms in total. The highest BCUT2D eigenvalue weighted by Crippen LogP contribution is 2.38. The average molecular weight is 556 g/mol. The number of halogens is 1. The van der Waals surface area contributed by atoms with E-state index in [0.29, 0.717) is 55.3 Å². The first kappa shape index (κ1) is 27.3. The predicted octanol–water partition coefficient (Wildman–Crippen LogP) is 4.46. The van der Waals surface area contributed by atoms with E-state index in [0.717, 1.165) is 11.3 Å². The zero-order valence-electron chi connectivity index (χ0n) is 21.3. The lowest BCUT2D eigenvalue weighted by Crippen LogP contribution is -2.40. The molecule has 2 heterocycles. The molecular weight excluding hydrogens is 530 g/mol. The predicted molar refractivity (Wildman–Crippen MR) is 145 cm³/mol. The van der Waals surface area contributed by atoms with Crippen molar-refractivity contribution in [3.8, 4) is 5.75 Å². The monoisotopic (exact) mass is 555 g/mol. The van der Waals surface area contributed by atoms with Crippen LogP contribution in [-0.2, 0) is 9.53 Å². The molecule has 0 radical (unpaired) electrons. The van der Waals surface area contributed by atoms with Gasteiger partial charge < -0.3 is 9.47 Å². The first-order valence-corrected chi connectivity index (χ1v) is 13.2. The van der Waals surface area contributed by atoms with Crippen LogP contribution in [-0.4, -0.2) is 29.2 Å². The van der Waals surface area contributed by atoms with Crippen LogP contribution < -0.4 is 19.6 Å². The van der Waals surface area contributed by atoms with Crippen LogP contribution in [0.25, 0.3) is 6.08 Å². The molecule has 4 rings (SSSR count). The minimum absolute atomic E-state index is 0.0390. The number of esters is 1. The Morgan fingerprint density at radius 1 is 1.26 bits per heavy atom. The SMILES string of the molecule is CCCC1=C(C(=O)OCC)[C@@H](c2cc(Cl)ccc2OC)n2c(s/c(=C\c3ccc(C)c([N+](=O)[O-])c3)c2=O)=N1. The molecule has 0 fully saturated rings. The molecule has 0 aliphatic carbocycles. The average Bonchev–Trinajstić information content (AvgIpc) is 3.18. The van der Waals surface area contributed by atoms with Crippen molar-refractivity contribution >= 4 is 40.7 Å². The Bertz CT molecular complexity index is 1640. The third-order valence-corrected chi connectivity index (χ3v) is 7.32. The quantitative estimate of drug-likeness (QED) is 0.230. The van der Waals surface area contributed by atoms with Crippen molar-refractivity contribution in [1.29, 1.82) is 0 Å². The molecule has 3 aromatic rings. The highest BCUT2D eigenvalue weighted by molar-refractivity contribution is 7.07. The van der Waals surface area contributed by atoms with Crippen LogP contribution in [0.1, 0.15) is 49.4 Å². The standard InChI is InChI=1S/C27H26ClN3O6S/c1-5-7-19-23(26(33)37-6-2)24(18-14-17(28)10-11-21(18)36-4)30-25(32)22(38-27(30)29-19)13-16-9-8-15(3)20(12-16)31(34)35/h8-14,24H,5-7H2,1-4H3/b22-13-/t24-/m1/s1. The second-order valence-corrected chi connectivity index (χ2v) is 10.0. The van der Waals surface area contributed by atoms with Gasteiger partial charge >= 0.3 is 5.97 Å². The van der Waals surface area contributed by atoms with Gasteiger partial charge in [-0.1, -0.05) is 48.4 Å². The number of carbonyl (C=O) groups is 1. The van der Waals surface area contributed by atoms with Gasteiger partial charge in [0.1, 0.15) is 11.8 Å². The number of aromatic nitrogens is 1. The zero-order valence-corrected chi connectivity index (χ0v) is 22.9. The van der Waals surface area contributed by atoms with Gasteiger partial charge in [0.15, 0.2) is 4.80 Å². The minimum atomic E-state index is -0.894. The summed E-state index contributed by atoms with van der Waals surface area (Å²) < 4.78 is 12.8. The molecule has 198 valence electrons. The summed E-state index contributed by atoms with van der Waals surface area (Å²) in [7, 11) is 1.50. The van der Waals surface area contributed by atoms with E-state index in [4.69, 9.17) is 26.1 Å². The second-order valence-electron chi connectivity index (χ2n) is 8.60. The Balaban J connectivity index is 2.04. The normalized spacial score (nSPS) is 15.2. The molecule has 0 spiro atoms. The van der Waals surface area contributed by atoms with E-state index in [1.54, 1.807) is 50.3 Å². The molecule has 0 N–H and O–H groups in total. The molecule has 0 amide bonds. The van der Waals surface area contributed by atoms with Crippen LogP contribution in [0.3, 0.4) is 0 Å². The fourth-order valence-electron chi connectivity index (χ4n) is 4.40. The number of ether oxygens (including phenoxy) is 2. The third kappa shape index (κ3) is 5.14. The molecule has 2 aromatic carbocycles. The van der Waals surface area contributed by atoms with Crippen LogP contribution in [0, 0.1) is 17.0 Å². The molecule has 1 aliphatic rings. The molecule has 0 bridgehead atoms. The Labute approximate surface area is 227 Å². The fourth-order valence-corrected chi connectivity index (χ4v) is 5.60. The number of benzene rings is 2. The number of thiazole rings is 1. The molecule has 38 heavy (non-hydrogen) atoms.